The van der Waals surface area contributed by atoms with Gasteiger partial charge in [0, 0.05) is 10.2 Å². The number of aryl methyl sites for hydroxylation is 2. The van der Waals surface area contributed by atoms with Crippen LogP contribution in [0, 0.1) is 19.8 Å². The quantitative estimate of drug-likeness (QED) is 0.720. The van der Waals surface area contributed by atoms with E-state index in [2.05, 4.69) is 26.6 Å². The van der Waals surface area contributed by atoms with Crippen LogP contribution in [0.15, 0.2) is 16.6 Å². The van der Waals surface area contributed by atoms with Gasteiger partial charge in [0.15, 0.2) is 0 Å². The topological polar surface area (TPSA) is 84.2 Å². The van der Waals surface area contributed by atoms with E-state index < -0.39 is 6.04 Å². The molecule has 0 heterocycles. The fourth-order valence-electron chi connectivity index (χ4n) is 1.81. The van der Waals surface area contributed by atoms with Gasteiger partial charge in [-0.25, -0.2) is 0 Å². The van der Waals surface area contributed by atoms with E-state index in [9.17, 15) is 9.59 Å². The summed E-state index contributed by atoms with van der Waals surface area (Å²) in [6, 6.07) is 3.14. The van der Waals surface area contributed by atoms with E-state index in [4.69, 9.17) is 5.73 Å². The monoisotopic (exact) mass is 391 g/mol. The van der Waals surface area contributed by atoms with Crippen LogP contribution in [0.4, 0.5) is 5.69 Å². The Balaban J connectivity index is 0.00000441. The second-order valence-corrected chi connectivity index (χ2v) is 6.25. The molecule has 1 rings (SSSR count). The van der Waals surface area contributed by atoms with E-state index in [1.54, 1.807) is 0 Å². The molecule has 1 atom stereocenters. The molecular weight excluding hydrogens is 370 g/mol. The summed E-state index contributed by atoms with van der Waals surface area (Å²) in [5.41, 5.74) is 8.49. The highest BCUT2D eigenvalue weighted by atomic mass is 79.9. The molecule has 0 spiro atoms. The van der Waals surface area contributed by atoms with Crippen molar-refractivity contribution >= 4 is 45.8 Å². The minimum Gasteiger partial charge on any atom is -0.346 e. The van der Waals surface area contributed by atoms with Crippen molar-refractivity contribution in [1.82, 2.24) is 5.32 Å². The minimum absolute atomic E-state index is 0. The molecule has 0 unspecified atom stereocenters. The Morgan fingerprint density at radius 3 is 2.18 bits per heavy atom. The first-order valence-electron chi connectivity index (χ1n) is 6.82. The van der Waals surface area contributed by atoms with E-state index in [0.29, 0.717) is 5.69 Å². The minimum atomic E-state index is -0.602. The van der Waals surface area contributed by atoms with Crippen molar-refractivity contribution in [2.75, 3.05) is 11.9 Å². The van der Waals surface area contributed by atoms with Gasteiger partial charge in [0.25, 0.3) is 0 Å². The number of hydrogen-bond acceptors (Lipinski definition) is 3. The van der Waals surface area contributed by atoms with Crippen LogP contribution < -0.4 is 16.4 Å². The number of carbonyl (C=O) groups excluding carboxylic acids is 2. The van der Waals surface area contributed by atoms with Crippen LogP contribution in [0.3, 0.4) is 0 Å². The average Bonchev–Trinajstić information content (AvgIpc) is 2.41. The van der Waals surface area contributed by atoms with E-state index in [-0.39, 0.29) is 36.7 Å². The van der Waals surface area contributed by atoms with Crippen LogP contribution in [-0.4, -0.2) is 24.4 Å². The lowest BCUT2D eigenvalue weighted by Gasteiger charge is -2.15. The van der Waals surface area contributed by atoms with Gasteiger partial charge in [0.2, 0.25) is 11.8 Å². The average molecular weight is 393 g/mol. The van der Waals surface area contributed by atoms with Crippen LogP contribution in [0.25, 0.3) is 0 Å². The zero-order chi connectivity index (χ0) is 16.2. The number of carbonyl (C=O) groups is 2. The molecule has 22 heavy (non-hydrogen) atoms. The Labute approximate surface area is 145 Å². The third-order valence-electron chi connectivity index (χ3n) is 3.16. The number of benzene rings is 1. The summed E-state index contributed by atoms with van der Waals surface area (Å²) >= 11 is 3.48. The summed E-state index contributed by atoms with van der Waals surface area (Å²) in [5.74, 6) is -0.562. The lowest BCUT2D eigenvalue weighted by molar-refractivity contribution is -0.125. The van der Waals surface area contributed by atoms with Crippen molar-refractivity contribution < 1.29 is 9.59 Å². The first kappa shape index (κ1) is 20.9. The second-order valence-electron chi connectivity index (χ2n) is 5.46. The molecule has 0 aliphatic heterocycles. The Kier molecular flexibility index (Phi) is 8.66. The van der Waals surface area contributed by atoms with Crippen LogP contribution in [0.1, 0.15) is 25.0 Å². The van der Waals surface area contributed by atoms with E-state index in [1.807, 2.05) is 39.8 Å². The Morgan fingerprint density at radius 2 is 1.73 bits per heavy atom. The fourth-order valence-corrected chi connectivity index (χ4v) is 2.04. The van der Waals surface area contributed by atoms with Crippen LogP contribution in [0.5, 0.6) is 0 Å². The van der Waals surface area contributed by atoms with Gasteiger partial charge in [-0.3, -0.25) is 9.59 Å². The van der Waals surface area contributed by atoms with Gasteiger partial charge in [-0.15, -0.1) is 12.4 Å². The zero-order valence-electron chi connectivity index (χ0n) is 13.2. The maximum atomic E-state index is 11.8. The van der Waals surface area contributed by atoms with Gasteiger partial charge in [0.1, 0.15) is 0 Å². The molecule has 0 aliphatic rings. The predicted octanol–water partition coefficient (Wildman–Crippen LogP) is 2.53. The van der Waals surface area contributed by atoms with Crippen molar-refractivity contribution in [2.24, 2.45) is 11.7 Å². The van der Waals surface area contributed by atoms with Crippen molar-refractivity contribution in [3.8, 4) is 0 Å². The molecule has 7 heteroatoms. The van der Waals surface area contributed by atoms with E-state index >= 15 is 0 Å². The number of hydrogen-bond donors (Lipinski definition) is 3. The molecule has 0 radical (unpaired) electrons. The molecule has 0 aromatic heterocycles. The van der Waals surface area contributed by atoms with Gasteiger partial charge in [-0.2, -0.15) is 0 Å². The number of nitrogens with two attached hydrogens (primary N) is 1. The Bertz CT molecular complexity index is 527. The molecule has 0 saturated carbocycles. The summed E-state index contributed by atoms with van der Waals surface area (Å²) in [7, 11) is 0. The smallest absolute Gasteiger partial charge is 0.243 e. The standard InChI is InChI=1S/C15H22BrN3O2.ClH/c1-8(2)14(17)15(21)18-7-12(20)19-11-5-9(3)13(16)10(4)6-11;/h5-6,8,14H,7,17H2,1-4H3,(H,18,21)(H,19,20);1H/t14-;/m0./s1. The Morgan fingerprint density at radius 1 is 1.23 bits per heavy atom. The molecule has 0 fully saturated rings. The molecule has 0 bridgehead atoms. The molecule has 5 nitrogen and oxygen atoms in total. The van der Waals surface area contributed by atoms with Gasteiger partial charge in [0.05, 0.1) is 12.6 Å². The highest BCUT2D eigenvalue weighted by Crippen LogP contribution is 2.24. The third kappa shape index (κ3) is 5.94. The molecule has 1 aromatic carbocycles. The van der Waals surface area contributed by atoms with E-state index in [0.717, 1.165) is 15.6 Å². The van der Waals surface area contributed by atoms with Crippen LogP contribution in [-0.2, 0) is 9.59 Å². The van der Waals surface area contributed by atoms with E-state index in [1.165, 1.54) is 0 Å². The molecule has 2 amide bonds. The Hall–Kier alpha value is -1.11. The maximum Gasteiger partial charge on any atom is 0.243 e. The second kappa shape index (κ2) is 9.12. The summed E-state index contributed by atoms with van der Waals surface area (Å²) in [6.07, 6.45) is 0. The highest BCUT2D eigenvalue weighted by molar-refractivity contribution is 9.10. The molecule has 4 N–H and O–H groups in total. The first-order chi connectivity index (χ1) is 9.72. The zero-order valence-corrected chi connectivity index (χ0v) is 15.6. The van der Waals surface area contributed by atoms with Crippen molar-refractivity contribution in [1.29, 1.82) is 0 Å². The summed E-state index contributed by atoms with van der Waals surface area (Å²) in [4.78, 5) is 23.5. The number of anilines is 1. The first-order valence-corrected chi connectivity index (χ1v) is 7.61. The lowest BCUT2D eigenvalue weighted by Crippen LogP contribution is -2.46. The third-order valence-corrected chi connectivity index (χ3v) is 4.42. The van der Waals surface area contributed by atoms with Gasteiger partial charge < -0.3 is 16.4 Å². The number of amides is 2. The van der Waals surface area contributed by atoms with Crippen molar-refractivity contribution in [3.63, 3.8) is 0 Å². The molecule has 0 aliphatic carbocycles. The summed E-state index contributed by atoms with van der Waals surface area (Å²) < 4.78 is 1.02. The number of rotatable bonds is 5. The van der Waals surface area contributed by atoms with Crippen molar-refractivity contribution in [3.05, 3.63) is 27.7 Å². The fraction of sp³-hybridized carbons (Fsp3) is 0.467. The van der Waals surface area contributed by atoms with Gasteiger partial charge >= 0.3 is 0 Å². The maximum absolute atomic E-state index is 11.8. The van der Waals surface area contributed by atoms with Gasteiger partial charge in [-0.1, -0.05) is 29.8 Å². The van der Waals surface area contributed by atoms with Crippen LogP contribution >= 0.6 is 28.3 Å². The highest BCUT2D eigenvalue weighted by Gasteiger charge is 2.17. The van der Waals surface area contributed by atoms with Crippen molar-refractivity contribution in [2.45, 2.75) is 33.7 Å². The molecular formula is C15H23BrClN3O2. The summed E-state index contributed by atoms with van der Waals surface area (Å²) in [6.45, 7) is 7.54. The molecule has 1 aromatic rings. The number of halogens is 2. The van der Waals surface area contributed by atoms with Gasteiger partial charge in [-0.05, 0) is 43.0 Å². The van der Waals surface area contributed by atoms with Crippen LogP contribution in [0.2, 0.25) is 0 Å². The normalized spacial score (nSPS) is 11.6. The molecule has 124 valence electrons. The molecule has 0 saturated heterocycles. The SMILES string of the molecule is Cc1cc(NC(=O)CNC(=O)[C@@H](N)C(C)C)cc(C)c1Br.Cl. The summed E-state index contributed by atoms with van der Waals surface area (Å²) in [5, 5.41) is 5.30. The largest absolute Gasteiger partial charge is 0.346 e. The predicted molar refractivity (Wildman–Crippen MR) is 95.3 cm³/mol. The number of nitrogens with one attached hydrogen (secondary N) is 2. The lowest BCUT2D eigenvalue weighted by atomic mass is 10.1.